The van der Waals surface area contributed by atoms with E-state index in [2.05, 4.69) is 17.3 Å². The zero-order chi connectivity index (χ0) is 18.4. The molecule has 132 valence electrons. The summed E-state index contributed by atoms with van der Waals surface area (Å²) in [5.41, 5.74) is 2.17. The van der Waals surface area contributed by atoms with E-state index in [1.165, 1.54) is 7.11 Å². The van der Waals surface area contributed by atoms with Crippen molar-refractivity contribution in [2.24, 2.45) is 0 Å². The lowest BCUT2D eigenvalue weighted by Gasteiger charge is -2.03. The summed E-state index contributed by atoms with van der Waals surface area (Å²) < 4.78 is 16.6. The van der Waals surface area contributed by atoms with Gasteiger partial charge in [-0.3, -0.25) is 0 Å². The van der Waals surface area contributed by atoms with Gasteiger partial charge in [0.1, 0.15) is 11.3 Å². The maximum atomic E-state index is 9.75. The SMILES string of the molecule is COc1cc(-c2cc(-c3cc4c(ccc5ccccc54)o3)no2)ccc1O. The number of phenols is 1. The van der Waals surface area contributed by atoms with Gasteiger partial charge in [0.2, 0.25) is 0 Å². The molecule has 1 N–H and O–H groups in total. The van der Waals surface area contributed by atoms with Crippen LogP contribution in [0.25, 0.3) is 44.5 Å². The summed E-state index contributed by atoms with van der Waals surface area (Å²) in [6.45, 7) is 0. The number of aromatic hydroxyl groups is 1. The highest BCUT2D eigenvalue weighted by molar-refractivity contribution is 6.06. The molecule has 0 amide bonds. The molecule has 0 spiro atoms. The van der Waals surface area contributed by atoms with Crippen LogP contribution < -0.4 is 4.74 Å². The van der Waals surface area contributed by atoms with Crippen molar-refractivity contribution in [3.8, 4) is 34.3 Å². The van der Waals surface area contributed by atoms with Crippen LogP contribution in [-0.2, 0) is 0 Å². The molecule has 27 heavy (non-hydrogen) atoms. The minimum absolute atomic E-state index is 0.0742. The van der Waals surface area contributed by atoms with Gasteiger partial charge in [0.25, 0.3) is 0 Å². The topological polar surface area (TPSA) is 68.6 Å². The zero-order valence-corrected chi connectivity index (χ0v) is 14.5. The van der Waals surface area contributed by atoms with Crippen LogP contribution in [0.15, 0.2) is 75.7 Å². The summed E-state index contributed by atoms with van der Waals surface area (Å²) in [5.74, 6) is 1.65. The lowest BCUT2D eigenvalue weighted by Crippen LogP contribution is -1.84. The van der Waals surface area contributed by atoms with Crippen LogP contribution in [-0.4, -0.2) is 17.4 Å². The largest absolute Gasteiger partial charge is 0.504 e. The Bertz CT molecular complexity index is 1280. The third kappa shape index (κ3) is 2.52. The van der Waals surface area contributed by atoms with Gasteiger partial charge in [-0.15, -0.1) is 0 Å². The number of rotatable bonds is 3. The normalized spacial score (nSPS) is 11.3. The third-order valence-corrected chi connectivity index (χ3v) is 4.65. The fraction of sp³-hybridized carbons (Fsp3) is 0.0455. The van der Waals surface area contributed by atoms with E-state index < -0.39 is 0 Å². The number of methoxy groups -OCH3 is 1. The number of aromatic nitrogens is 1. The van der Waals surface area contributed by atoms with E-state index in [9.17, 15) is 5.11 Å². The van der Waals surface area contributed by atoms with Gasteiger partial charge in [-0.2, -0.15) is 0 Å². The van der Waals surface area contributed by atoms with Crippen molar-refractivity contribution in [3.63, 3.8) is 0 Å². The maximum Gasteiger partial charge on any atom is 0.167 e. The fourth-order valence-electron chi connectivity index (χ4n) is 3.28. The third-order valence-electron chi connectivity index (χ3n) is 4.65. The quantitative estimate of drug-likeness (QED) is 0.454. The fourth-order valence-corrected chi connectivity index (χ4v) is 3.28. The first-order valence-electron chi connectivity index (χ1n) is 8.49. The first kappa shape index (κ1) is 15.5. The Labute approximate surface area is 154 Å². The van der Waals surface area contributed by atoms with Crippen LogP contribution in [0.4, 0.5) is 0 Å². The van der Waals surface area contributed by atoms with Gasteiger partial charge in [0.05, 0.1) is 7.11 Å². The van der Waals surface area contributed by atoms with Gasteiger partial charge < -0.3 is 18.8 Å². The van der Waals surface area contributed by atoms with Gasteiger partial charge in [-0.25, -0.2) is 0 Å². The number of hydrogen-bond donors (Lipinski definition) is 1. The molecule has 0 radical (unpaired) electrons. The van der Waals surface area contributed by atoms with Crippen LogP contribution in [0, 0.1) is 0 Å². The number of hydrogen-bond acceptors (Lipinski definition) is 5. The second-order valence-corrected chi connectivity index (χ2v) is 6.27. The molecule has 0 saturated carbocycles. The molecule has 0 bridgehead atoms. The second-order valence-electron chi connectivity index (χ2n) is 6.27. The number of benzene rings is 3. The van der Waals surface area contributed by atoms with Gasteiger partial charge >= 0.3 is 0 Å². The summed E-state index contributed by atoms with van der Waals surface area (Å²) in [6, 6.07) is 21.0. The van der Waals surface area contributed by atoms with Crippen LogP contribution in [0.5, 0.6) is 11.5 Å². The Balaban J connectivity index is 1.59. The van der Waals surface area contributed by atoms with E-state index in [1.54, 1.807) is 18.2 Å². The van der Waals surface area contributed by atoms with Crippen molar-refractivity contribution in [1.82, 2.24) is 5.16 Å². The van der Waals surface area contributed by atoms with Crippen molar-refractivity contribution in [1.29, 1.82) is 0 Å². The highest BCUT2D eigenvalue weighted by Crippen LogP contribution is 2.36. The van der Waals surface area contributed by atoms with E-state index >= 15 is 0 Å². The van der Waals surface area contributed by atoms with E-state index in [4.69, 9.17) is 13.7 Å². The molecule has 5 aromatic rings. The highest BCUT2D eigenvalue weighted by Gasteiger charge is 2.15. The Morgan fingerprint density at radius 2 is 1.78 bits per heavy atom. The highest BCUT2D eigenvalue weighted by atomic mass is 16.5. The standard InChI is InChI=1S/C22H15NO4/c1-25-22-10-14(6-8-18(22)24)20-12-17(23-27-20)21-11-16-15-5-3-2-4-13(15)7-9-19(16)26-21/h2-12,24H,1H3. The summed E-state index contributed by atoms with van der Waals surface area (Å²) in [7, 11) is 1.50. The molecule has 0 fully saturated rings. The van der Waals surface area contributed by atoms with Crippen molar-refractivity contribution in [3.05, 3.63) is 66.7 Å². The second kappa shape index (κ2) is 5.92. The van der Waals surface area contributed by atoms with Crippen molar-refractivity contribution < 1.29 is 18.8 Å². The molecule has 0 unspecified atom stereocenters. The predicted octanol–water partition coefficient (Wildman–Crippen LogP) is 5.62. The molecular weight excluding hydrogens is 342 g/mol. The molecule has 2 aromatic heterocycles. The van der Waals surface area contributed by atoms with Crippen LogP contribution >= 0.6 is 0 Å². The molecule has 0 aliphatic carbocycles. The minimum Gasteiger partial charge on any atom is -0.504 e. The minimum atomic E-state index is 0.0742. The van der Waals surface area contributed by atoms with E-state index in [-0.39, 0.29) is 5.75 Å². The van der Waals surface area contributed by atoms with Gasteiger partial charge in [0, 0.05) is 17.0 Å². The van der Waals surface area contributed by atoms with Crippen molar-refractivity contribution in [2.75, 3.05) is 7.11 Å². The van der Waals surface area contributed by atoms with Crippen LogP contribution in [0.3, 0.4) is 0 Å². The Kier molecular flexibility index (Phi) is 3.40. The number of nitrogens with zero attached hydrogens (tertiary/aromatic N) is 1. The lowest BCUT2D eigenvalue weighted by molar-refractivity contribution is 0.373. The average Bonchev–Trinajstić information content (AvgIpc) is 3.35. The Hall–Kier alpha value is -3.73. The van der Waals surface area contributed by atoms with Crippen LogP contribution in [0.2, 0.25) is 0 Å². The summed E-state index contributed by atoms with van der Waals surface area (Å²) in [4.78, 5) is 0. The molecular formula is C22H15NO4. The van der Waals surface area contributed by atoms with Crippen molar-refractivity contribution in [2.45, 2.75) is 0 Å². The molecule has 2 heterocycles. The molecule has 3 aromatic carbocycles. The van der Waals surface area contributed by atoms with E-state index in [0.29, 0.717) is 23.0 Å². The monoisotopic (exact) mass is 357 g/mol. The zero-order valence-electron chi connectivity index (χ0n) is 14.5. The molecule has 0 saturated heterocycles. The van der Waals surface area contributed by atoms with E-state index in [1.807, 2.05) is 36.4 Å². The predicted molar refractivity (Wildman–Crippen MR) is 103 cm³/mol. The van der Waals surface area contributed by atoms with Gasteiger partial charge in [-0.05, 0) is 41.1 Å². The van der Waals surface area contributed by atoms with Gasteiger partial charge in [-0.1, -0.05) is 35.5 Å². The lowest BCUT2D eigenvalue weighted by atomic mass is 10.1. The number of furan rings is 1. The molecule has 0 aliphatic heterocycles. The summed E-state index contributed by atoms with van der Waals surface area (Å²) in [6.07, 6.45) is 0. The average molecular weight is 357 g/mol. The Morgan fingerprint density at radius 3 is 2.67 bits per heavy atom. The molecule has 0 aliphatic rings. The molecule has 0 atom stereocenters. The van der Waals surface area contributed by atoms with E-state index in [0.717, 1.165) is 27.3 Å². The maximum absolute atomic E-state index is 9.75. The first-order valence-corrected chi connectivity index (χ1v) is 8.49. The van der Waals surface area contributed by atoms with Gasteiger partial charge in [0.15, 0.2) is 23.0 Å². The Morgan fingerprint density at radius 1 is 0.889 bits per heavy atom. The molecule has 5 nitrogen and oxygen atoms in total. The number of fused-ring (bicyclic) bond motifs is 3. The van der Waals surface area contributed by atoms with Crippen molar-refractivity contribution >= 4 is 21.7 Å². The first-order chi connectivity index (χ1) is 13.2. The molecule has 5 rings (SSSR count). The molecule has 5 heteroatoms. The van der Waals surface area contributed by atoms with Crippen LogP contribution in [0.1, 0.15) is 0 Å². The summed E-state index contributed by atoms with van der Waals surface area (Å²) >= 11 is 0. The smallest absolute Gasteiger partial charge is 0.167 e. The number of phenolic OH excluding ortho intramolecular Hbond substituents is 1. The number of ether oxygens (including phenoxy) is 1. The summed E-state index contributed by atoms with van der Waals surface area (Å²) in [5, 5.41) is 17.2.